The summed E-state index contributed by atoms with van der Waals surface area (Å²) in [6.07, 6.45) is 2.91. The second-order valence-corrected chi connectivity index (χ2v) is 3.71. The summed E-state index contributed by atoms with van der Waals surface area (Å²) in [5, 5.41) is 0. The van der Waals surface area contributed by atoms with Crippen LogP contribution in [0.3, 0.4) is 0 Å². The lowest BCUT2D eigenvalue weighted by Crippen LogP contribution is -2.04. The molecule has 0 amide bonds. The Morgan fingerprint density at radius 2 is 2.26 bits per heavy atom. The molecule has 0 aliphatic heterocycles. The van der Waals surface area contributed by atoms with Gasteiger partial charge in [0, 0.05) is 18.0 Å². The van der Waals surface area contributed by atoms with Crippen molar-refractivity contribution in [2.45, 2.75) is 6.92 Å². The maximum absolute atomic E-state index is 13.6. The maximum Gasteiger partial charge on any atom is 0.358 e. The Morgan fingerprint density at radius 1 is 1.47 bits per heavy atom. The Labute approximate surface area is 109 Å². The van der Waals surface area contributed by atoms with Crippen molar-refractivity contribution in [2.75, 3.05) is 13.7 Å². The van der Waals surface area contributed by atoms with E-state index in [2.05, 4.69) is 4.98 Å². The number of nitrogens with zero attached hydrogens (tertiary/aromatic N) is 2. The van der Waals surface area contributed by atoms with E-state index in [0.29, 0.717) is 5.69 Å². The molecule has 0 fully saturated rings. The summed E-state index contributed by atoms with van der Waals surface area (Å²) in [6.45, 7) is 2.00. The van der Waals surface area contributed by atoms with Gasteiger partial charge >= 0.3 is 5.97 Å². The minimum absolute atomic E-state index is 0.162. The van der Waals surface area contributed by atoms with Gasteiger partial charge in [-0.05, 0) is 19.1 Å². The van der Waals surface area contributed by atoms with Crippen LogP contribution in [0, 0.1) is 5.82 Å². The molecule has 19 heavy (non-hydrogen) atoms. The lowest BCUT2D eigenvalue weighted by Gasteiger charge is -2.05. The number of hydrogen-bond acceptors (Lipinski definition) is 4. The van der Waals surface area contributed by atoms with Gasteiger partial charge < -0.3 is 14.0 Å². The van der Waals surface area contributed by atoms with E-state index in [4.69, 9.17) is 9.47 Å². The predicted octanol–water partition coefficient (Wildman–Crippen LogP) is 2.20. The van der Waals surface area contributed by atoms with Crippen molar-refractivity contribution < 1.29 is 18.7 Å². The molecule has 0 aliphatic rings. The number of benzene rings is 1. The molecule has 5 nitrogen and oxygen atoms in total. The van der Waals surface area contributed by atoms with Crippen LogP contribution in [0.25, 0.3) is 5.69 Å². The summed E-state index contributed by atoms with van der Waals surface area (Å²) < 4.78 is 24.8. The van der Waals surface area contributed by atoms with Crippen LogP contribution in [-0.4, -0.2) is 29.2 Å². The highest BCUT2D eigenvalue weighted by Gasteiger charge is 2.11. The van der Waals surface area contributed by atoms with E-state index in [1.165, 1.54) is 36.3 Å². The molecule has 0 spiro atoms. The lowest BCUT2D eigenvalue weighted by atomic mass is 10.3. The van der Waals surface area contributed by atoms with Crippen molar-refractivity contribution in [3.05, 3.63) is 42.2 Å². The zero-order valence-corrected chi connectivity index (χ0v) is 10.6. The molecule has 6 heteroatoms. The van der Waals surface area contributed by atoms with E-state index in [0.717, 1.165) is 0 Å². The van der Waals surface area contributed by atoms with Gasteiger partial charge in [0.1, 0.15) is 6.33 Å². The van der Waals surface area contributed by atoms with Gasteiger partial charge in [0.05, 0.1) is 13.7 Å². The third-order valence-electron chi connectivity index (χ3n) is 2.50. The van der Waals surface area contributed by atoms with Crippen LogP contribution in [0.5, 0.6) is 5.75 Å². The van der Waals surface area contributed by atoms with E-state index in [-0.39, 0.29) is 18.1 Å². The van der Waals surface area contributed by atoms with Crippen molar-refractivity contribution in [3.8, 4) is 11.4 Å². The summed E-state index contributed by atoms with van der Waals surface area (Å²) >= 11 is 0. The number of methoxy groups -OCH3 is 1. The number of rotatable bonds is 4. The minimum Gasteiger partial charge on any atom is -0.494 e. The summed E-state index contributed by atoms with van der Waals surface area (Å²) in [6, 6.07) is 4.47. The van der Waals surface area contributed by atoms with E-state index in [1.54, 1.807) is 13.0 Å². The molecule has 0 radical (unpaired) electrons. The van der Waals surface area contributed by atoms with Crippen LogP contribution in [0.4, 0.5) is 4.39 Å². The fraction of sp³-hybridized carbons (Fsp3) is 0.231. The molecule has 1 aromatic carbocycles. The number of aromatic nitrogens is 2. The fourth-order valence-electron chi connectivity index (χ4n) is 1.59. The van der Waals surface area contributed by atoms with Gasteiger partial charge in [-0.2, -0.15) is 0 Å². The van der Waals surface area contributed by atoms with Crippen LogP contribution < -0.4 is 4.74 Å². The average molecular weight is 264 g/mol. The smallest absolute Gasteiger partial charge is 0.358 e. The first-order valence-electron chi connectivity index (χ1n) is 5.70. The third kappa shape index (κ3) is 2.73. The average Bonchev–Trinajstić information content (AvgIpc) is 2.88. The molecule has 0 bridgehead atoms. The molecule has 100 valence electrons. The van der Waals surface area contributed by atoms with Crippen molar-refractivity contribution in [1.82, 2.24) is 9.55 Å². The second-order valence-electron chi connectivity index (χ2n) is 3.71. The quantitative estimate of drug-likeness (QED) is 0.794. The largest absolute Gasteiger partial charge is 0.494 e. The first kappa shape index (κ1) is 13.1. The Balaban J connectivity index is 2.27. The second kappa shape index (κ2) is 5.51. The third-order valence-corrected chi connectivity index (χ3v) is 2.50. The van der Waals surface area contributed by atoms with E-state index >= 15 is 0 Å². The van der Waals surface area contributed by atoms with Crippen LogP contribution in [0.15, 0.2) is 30.7 Å². The normalized spacial score (nSPS) is 10.3. The summed E-state index contributed by atoms with van der Waals surface area (Å²) in [4.78, 5) is 15.4. The maximum atomic E-state index is 13.6. The number of carbonyl (C=O) groups excluding carboxylic acids is 1. The van der Waals surface area contributed by atoms with Gasteiger partial charge in [-0.3, -0.25) is 0 Å². The molecule has 1 heterocycles. The van der Waals surface area contributed by atoms with Crippen LogP contribution in [0.2, 0.25) is 0 Å². The molecule has 0 N–H and O–H groups in total. The molecule has 0 saturated heterocycles. The highest BCUT2D eigenvalue weighted by atomic mass is 19.1. The molecule has 0 aliphatic carbocycles. The number of ether oxygens (including phenoxy) is 2. The summed E-state index contributed by atoms with van der Waals surface area (Å²) in [7, 11) is 1.40. The van der Waals surface area contributed by atoms with Crippen molar-refractivity contribution >= 4 is 5.97 Å². The predicted molar refractivity (Wildman–Crippen MR) is 66.0 cm³/mol. The zero-order chi connectivity index (χ0) is 13.8. The Morgan fingerprint density at radius 3 is 2.89 bits per heavy atom. The monoisotopic (exact) mass is 264 g/mol. The minimum atomic E-state index is -0.504. The number of carbonyl (C=O) groups is 1. The Bertz CT molecular complexity index is 595. The first-order valence-corrected chi connectivity index (χ1v) is 5.70. The molecule has 2 aromatic rings. The van der Waals surface area contributed by atoms with Gasteiger partial charge in [-0.15, -0.1) is 0 Å². The lowest BCUT2D eigenvalue weighted by molar-refractivity contribution is 0.0520. The van der Waals surface area contributed by atoms with E-state index in [1.807, 2.05) is 0 Å². The molecule has 1 aromatic heterocycles. The first-order chi connectivity index (χ1) is 9.15. The molecule has 0 saturated carbocycles. The van der Waals surface area contributed by atoms with Gasteiger partial charge in [0.25, 0.3) is 0 Å². The van der Waals surface area contributed by atoms with Gasteiger partial charge in [0.15, 0.2) is 17.3 Å². The highest BCUT2D eigenvalue weighted by Crippen LogP contribution is 2.20. The topological polar surface area (TPSA) is 53.4 Å². The number of esters is 1. The number of hydrogen-bond donors (Lipinski definition) is 0. The van der Waals surface area contributed by atoms with E-state index in [9.17, 15) is 9.18 Å². The highest BCUT2D eigenvalue weighted by molar-refractivity contribution is 5.87. The summed E-state index contributed by atoms with van der Waals surface area (Å²) in [5.74, 6) is -0.823. The van der Waals surface area contributed by atoms with Crippen molar-refractivity contribution in [1.29, 1.82) is 0 Å². The molecule has 0 atom stereocenters. The van der Waals surface area contributed by atoms with Crippen molar-refractivity contribution in [3.63, 3.8) is 0 Å². The van der Waals surface area contributed by atoms with Gasteiger partial charge in [0.2, 0.25) is 0 Å². The SMILES string of the molecule is CCOC(=O)c1cn(-c2ccc(OC)c(F)c2)cn1. The molecular weight excluding hydrogens is 251 g/mol. The molecule has 0 unspecified atom stereocenters. The van der Waals surface area contributed by atoms with Crippen LogP contribution in [0.1, 0.15) is 17.4 Å². The number of halogens is 1. The number of imidazole rings is 1. The molecule has 2 rings (SSSR count). The van der Waals surface area contributed by atoms with Gasteiger partial charge in [-0.25, -0.2) is 14.2 Å². The standard InChI is InChI=1S/C13H13FN2O3/c1-3-19-13(17)11-7-16(8-15-11)9-4-5-12(18-2)10(14)6-9/h4-8H,3H2,1-2H3. The van der Waals surface area contributed by atoms with Crippen molar-refractivity contribution in [2.24, 2.45) is 0 Å². The fourth-order valence-corrected chi connectivity index (χ4v) is 1.59. The Kier molecular flexibility index (Phi) is 3.79. The van der Waals surface area contributed by atoms with E-state index < -0.39 is 11.8 Å². The Hall–Kier alpha value is -2.37. The van der Waals surface area contributed by atoms with Gasteiger partial charge in [-0.1, -0.05) is 0 Å². The molecular formula is C13H13FN2O3. The zero-order valence-electron chi connectivity index (χ0n) is 10.6. The van der Waals surface area contributed by atoms with Crippen LogP contribution in [-0.2, 0) is 4.74 Å². The van der Waals surface area contributed by atoms with Crippen LogP contribution >= 0.6 is 0 Å². The summed E-state index contributed by atoms with van der Waals surface area (Å²) in [5.41, 5.74) is 0.722.